The fourth-order valence-electron chi connectivity index (χ4n) is 4.65. The standard InChI is InChI=1S/C26H29N5O3S.CH2O2/c1-14-7-6-8-15(11-14)28-25-27-13-16(24-30-18-9-4-5-10-20(18)35-24)23(31-25)29-19-12-17(26(2,3)34)21(32)22(19)33;2-1-3/h4-11,13,17,19,21-22,32-34H,12H2,1-3H3,(H2,27,28,29,31);1H,(H,2,3)/t17-,19+,21+,22-;/m0./s1. The van der Waals surface area contributed by atoms with Gasteiger partial charge in [-0.05, 0) is 57.0 Å². The average Bonchev–Trinajstić information content (AvgIpc) is 3.41. The van der Waals surface area contributed by atoms with Gasteiger partial charge in [-0.25, -0.2) is 15.3 Å². The number of aliphatic hydroxyl groups is 3. The van der Waals surface area contributed by atoms with Crippen molar-refractivity contribution in [1.82, 2.24) is 9.97 Å². The summed E-state index contributed by atoms with van der Waals surface area (Å²) in [6.07, 6.45) is 0.148. The lowest BCUT2D eigenvalue weighted by Crippen LogP contribution is -2.40. The van der Waals surface area contributed by atoms with E-state index in [1.165, 1.54) is 0 Å². The first-order chi connectivity index (χ1) is 18.1. The molecule has 4 aromatic rings. The van der Waals surface area contributed by atoms with E-state index < -0.39 is 36.2 Å². The number of carbonyl (C=O) groups excluding carboxylic acids is 1. The van der Waals surface area contributed by atoms with Crippen LogP contribution in [-0.4, -0.2) is 55.6 Å². The van der Waals surface area contributed by atoms with E-state index in [4.69, 9.17) is 19.9 Å². The van der Waals surface area contributed by atoms with E-state index in [2.05, 4.69) is 15.6 Å². The van der Waals surface area contributed by atoms with Crippen molar-refractivity contribution in [2.24, 2.45) is 5.92 Å². The van der Waals surface area contributed by atoms with Crippen LogP contribution in [-0.2, 0) is 4.79 Å². The Bertz CT molecular complexity index is 1370. The zero-order chi connectivity index (χ0) is 27.4. The van der Waals surface area contributed by atoms with Crippen molar-refractivity contribution in [3.8, 4) is 10.6 Å². The lowest BCUT2D eigenvalue weighted by atomic mass is 9.88. The molecule has 10 nitrogen and oxygen atoms in total. The first-order valence-electron chi connectivity index (χ1n) is 12.1. The van der Waals surface area contributed by atoms with Crippen LogP contribution in [0.5, 0.6) is 0 Å². The molecule has 0 spiro atoms. The summed E-state index contributed by atoms with van der Waals surface area (Å²) in [6.45, 7) is 4.83. The van der Waals surface area contributed by atoms with Gasteiger partial charge in [0.05, 0.1) is 39.8 Å². The summed E-state index contributed by atoms with van der Waals surface area (Å²) in [4.78, 5) is 21.0. The molecular weight excluding hydrogens is 506 g/mol. The number of aromatic nitrogens is 3. The Labute approximate surface area is 224 Å². The highest BCUT2D eigenvalue weighted by Gasteiger charge is 2.48. The molecule has 0 unspecified atom stereocenters. The number of hydrogen-bond acceptors (Lipinski definition) is 10. The van der Waals surface area contributed by atoms with Crippen molar-refractivity contribution in [2.75, 3.05) is 10.6 Å². The number of benzene rings is 2. The topological polar surface area (TPSA) is 165 Å². The first kappa shape index (κ1) is 27.4. The highest BCUT2D eigenvalue weighted by atomic mass is 32.1. The third-order valence-electron chi connectivity index (χ3n) is 6.55. The van der Waals surface area contributed by atoms with Crippen molar-refractivity contribution in [1.29, 1.82) is 0 Å². The number of fused-ring (bicyclic) bond motifs is 1. The number of para-hydroxylation sites is 1. The van der Waals surface area contributed by atoms with E-state index >= 15 is 0 Å². The van der Waals surface area contributed by atoms with Crippen LogP contribution in [0.25, 0.3) is 20.8 Å². The Morgan fingerprint density at radius 2 is 1.87 bits per heavy atom. The maximum atomic E-state index is 10.8. The molecule has 38 heavy (non-hydrogen) atoms. The van der Waals surface area contributed by atoms with Crippen LogP contribution in [0.1, 0.15) is 25.8 Å². The predicted molar refractivity (Wildman–Crippen MR) is 144 cm³/mol. The maximum absolute atomic E-state index is 10.8. The van der Waals surface area contributed by atoms with E-state index in [9.17, 15) is 15.3 Å². The molecule has 4 atom stereocenters. The quantitative estimate of drug-likeness (QED) is 0.231. The Balaban J connectivity index is 0.00000107. The van der Waals surface area contributed by atoms with Gasteiger partial charge in [-0.3, -0.25) is 0 Å². The van der Waals surface area contributed by atoms with Crippen molar-refractivity contribution < 1.29 is 30.2 Å². The third-order valence-corrected chi connectivity index (χ3v) is 7.62. The van der Waals surface area contributed by atoms with Gasteiger partial charge in [0, 0.05) is 12.4 Å². The van der Waals surface area contributed by atoms with Gasteiger partial charge in [0.25, 0.3) is 0 Å². The molecule has 0 radical (unpaired) electrons. The number of aryl methyl sites for hydroxylation is 1. The highest BCUT2D eigenvalue weighted by molar-refractivity contribution is 7.21. The molecule has 6 N–H and O–H groups in total. The molecule has 5 rings (SSSR count). The molecule has 0 aliphatic heterocycles. The molecule has 0 saturated heterocycles. The largest absolute Gasteiger partial charge is 0.554 e. The molecule has 1 aliphatic rings. The van der Waals surface area contributed by atoms with Crippen LogP contribution < -0.4 is 20.7 Å². The Morgan fingerprint density at radius 1 is 1.13 bits per heavy atom. The molecule has 0 amide bonds. The molecule has 2 aromatic carbocycles. The molecule has 200 valence electrons. The molecular formula is C27H31N5O5S. The van der Waals surface area contributed by atoms with Gasteiger partial charge >= 0.3 is 5.95 Å². The monoisotopic (exact) mass is 537 g/mol. The van der Waals surface area contributed by atoms with E-state index in [1.54, 1.807) is 25.2 Å². The normalized spacial score (nSPS) is 21.0. The van der Waals surface area contributed by atoms with Crippen LogP contribution in [0.4, 0.5) is 17.5 Å². The number of anilines is 3. The smallest absolute Gasteiger partial charge is 0.396 e. The van der Waals surface area contributed by atoms with E-state index in [1.807, 2.05) is 61.7 Å². The van der Waals surface area contributed by atoms with Gasteiger partial charge in [-0.1, -0.05) is 29.2 Å². The maximum Gasteiger partial charge on any atom is 0.396 e. The number of carboxylic acid groups (broad SMARTS) is 1. The minimum absolute atomic E-state index is 0.395. The summed E-state index contributed by atoms with van der Waals surface area (Å²) >= 11 is 1.56. The molecule has 11 heteroatoms. The summed E-state index contributed by atoms with van der Waals surface area (Å²) in [6, 6.07) is 15.4. The van der Waals surface area contributed by atoms with Gasteiger partial charge in [0.1, 0.15) is 16.7 Å². The van der Waals surface area contributed by atoms with E-state index in [0.29, 0.717) is 18.2 Å². The van der Waals surface area contributed by atoms with Gasteiger partial charge in [-0.15, -0.1) is 11.3 Å². The number of carbonyl (C=O) groups is 1. The predicted octanol–water partition coefficient (Wildman–Crippen LogP) is 1.88. The molecule has 1 fully saturated rings. The fraction of sp³-hybridized carbons (Fsp3) is 0.333. The Kier molecular flexibility index (Phi) is 8.22. The number of thiazole rings is 1. The second-order valence-corrected chi connectivity index (χ2v) is 10.8. The van der Waals surface area contributed by atoms with Crippen LogP contribution >= 0.6 is 11.3 Å². The molecule has 1 saturated carbocycles. The van der Waals surface area contributed by atoms with Crippen LogP contribution in [0.2, 0.25) is 0 Å². The number of hydrogen-bond donors (Lipinski definition) is 5. The zero-order valence-corrected chi connectivity index (χ0v) is 22.1. The van der Waals surface area contributed by atoms with Crippen LogP contribution in [0, 0.1) is 12.8 Å². The summed E-state index contributed by atoms with van der Waals surface area (Å²) < 4.78 is 1.06. The van der Waals surface area contributed by atoms with Crippen LogP contribution in [0.3, 0.4) is 0 Å². The van der Waals surface area contributed by atoms with Crippen molar-refractivity contribution in [2.45, 2.75) is 51.0 Å². The van der Waals surface area contributed by atoms with Crippen molar-refractivity contribution >= 4 is 45.5 Å². The van der Waals surface area contributed by atoms with Gasteiger partial charge in [0.2, 0.25) is 5.82 Å². The SMILES string of the molecule is Cc1cccc(Nc2nc(N[C@@H]3C[C@H](C(C)(C)O)[C@@H](O)[C@H]3O)c(-c3nc4ccccc4s3)c[nH+]2)c1.O=C[O-]. The first-order valence-corrected chi connectivity index (χ1v) is 13.0. The Hall–Kier alpha value is -3.64. The zero-order valence-electron chi connectivity index (χ0n) is 21.3. The minimum atomic E-state index is -1.12. The lowest BCUT2D eigenvalue weighted by molar-refractivity contribution is -0.363. The fourth-order valence-corrected chi connectivity index (χ4v) is 5.63. The van der Waals surface area contributed by atoms with Gasteiger partial charge in [0.15, 0.2) is 0 Å². The number of nitrogens with zero attached hydrogens (tertiary/aromatic N) is 2. The number of rotatable bonds is 6. The van der Waals surface area contributed by atoms with E-state index in [-0.39, 0.29) is 0 Å². The molecule has 1 aliphatic carbocycles. The van der Waals surface area contributed by atoms with Crippen molar-refractivity contribution in [3.63, 3.8) is 0 Å². The molecule has 0 bridgehead atoms. The average molecular weight is 538 g/mol. The van der Waals surface area contributed by atoms with E-state index in [0.717, 1.165) is 32.0 Å². The number of aliphatic hydroxyl groups excluding tert-OH is 2. The van der Waals surface area contributed by atoms with Gasteiger partial charge < -0.3 is 30.5 Å². The lowest BCUT2D eigenvalue weighted by Gasteiger charge is -2.28. The van der Waals surface area contributed by atoms with Crippen molar-refractivity contribution in [3.05, 3.63) is 60.3 Å². The number of aromatic amines is 1. The second kappa shape index (κ2) is 11.4. The Morgan fingerprint density at radius 3 is 2.53 bits per heavy atom. The summed E-state index contributed by atoms with van der Waals surface area (Å²) in [5.41, 5.74) is 2.56. The highest BCUT2D eigenvalue weighted by Crippen LogP contribution is 2.38. The summed E-state index contributed by atoms with van der Waals surface area (Å²) in [5, 5.41) is 47.5. The third kappa shape index (κ3) is 6.08. The molecule has 2 aromatic heterocycles. The molecule has 2 heterocycles. The number of H-pyrrole nitrogens is 1. The summed E-state index contributed by atoms with van der Waals surface area (Å²) in [5.74, 6) is 0.585. The summed E-state index contributed by atoms with van der Waals surface area (Å²) in [7, 11) is 0. The second-order valence-electron chi connectivity index (χ2n) is 9.82. The van der Waals surface area contributed by atoms with Crippen LogP contribution in [0.15, 0.2) is 54.7 Å². The number of nitrogens with one attached hydrogen (secondary N) is 3. The van der Waals surface area contributed by atoms with Gasteiger partial charge in [-0.2, -0.15) is 0 Å². The minimum Gasteiger partial charge on any atom is -0.554 e.